The smallest absolute Gasteiger partial charge is 0.270 e. The summed E-state index contributed by atoms with van der Waals surface area (Å²) >= 11 is 6.13. The molecular formula is C39H40ClN5O3. The largest absolute Gasteiger partial charge is 0.351 e. The van der Waals surface area contributed by atoms with Crippen LogP contribution in [0.15, 0.2) is 103 Å². The maximum Gasteiger partial charge on any atom is 0.270 e. The quantitative estimate of drug-likeness (QED) is 0.156. The Morgan fingerprint density at radius 1 is 0.938 bits per heavy atom. The number of benzene rings is 4. The lowest BCUT2D eigenvalue weighted by atomic mass is 9.93. The van der Waals surface area contributed by atoms with Crippen LogP contribution in [0.4, 0.5) is 0 Å². The first kappa shape index (κ1) is 33.0. The number of amides is 3. The van der Waals surface area contributed by atoms with Gasteiger partial charge in [0, 0.05) is 53.7 Å². The molecule has 2 heterocycles. The van der Waals surface area contributed by atoms with E-state index in [0.29, 0.717) is 55.3 Å². The van der Waals surface area contributed by atoms with E-state index in [-0.39, 0.29) is 36.2 Å². The summed E-state index contributed by atoms with van der Waals surface area (Å²) in [6.07, 6.45) is 1.55. The number of halogens is 1. The summed E-state index contributed by atoms with van der Waals surface area (Å²) in [6.45, 7) is 3.89. The van der Waals surface area contributed by atoms with Crippen molar-refractivity contribution >= 4 is 40.2 Å². The van der Waals surface area contributed by atoms with Crippen molar-refractivity contribution in [2.75, 3.05) is 26.2 Å². The van der Waals surface area contributed by atoms with Gasteiger partial charge in [-0.1, -0.05) is 78.3 Å². The predicted molar refractivity (Wildman–Crippen MR) is 191 cm³/mol. The number of rotatable bonds is 10. The van der Waals surface area contributed by atoms with E-state index in [2.05, 4.69) is 23.3 Å². The molecule has 1 saturated heterocycles. The Kier molecular flexibility index (Phi) is 10.2. The molecule has 4 N–H and O–H groups in total. The molecule has 1 aromatic heterocycles. The molecule has 48 heavy (non-hydrogen) atoms. The Balaban J connectivity index is 1.25. The number of fused-ring (bicyclic) bond motifs is 1. The van der Waals surface area contributed by atoms with Gasteiger partial charge in [0.05, 0.1) is 12.5 Å². The van der Waals surface area contributed by atoms with Crippen LogP contribution in [-0.4, -0.2) is 64.7 Å². The first-order valence-corrected chi connectivity index (χ1v) is 16.8. The third-order valence-corrected chi connectivity index (χ3v) is 9.41. The van der Waals surface area contributed by atoms with Gasteiger partial charge in [-0.25, -0.2) is 0 Å². The molecule has 1 fully saturated rings. The van der Waals surface area contributed by atoms with E-state index in [4.69, 9.17) is 17.3 Å². The number of para-hydroxylation sites is 1. The molecule has 5 aromatic rings. The van der Waals surface area contributed by atoms with Gasteiger partial charge in [0.25, 0.3) is 11.8 Å². The molecule has 1 aliphatic heterocycles. The molecule has 0 aliphatic carbocycles. The van der Waals surface area contributed by atoms with E-state index in [1.54, 1.807) is 12.1 Å². The molecule has 0 saturated carbocycles. The van der Waals surface area contributed by atoms with Gasteiger partial charge in [-0.3, -0.25) is 14.4 Å². The molecule has 1 atom stereocenters. The molecule has 9 heteroatoms. The van der Waals surface area contributed by atoms with Crippen LogP contribution in [0.3, 0.4) is 0 Å². The SMILES string of the molecule is CC(c1cccc(-c2ccccc2C(=O)NCCN)c1)N(C(=O)Cc1ccc(Cl)cc1)C1CCN(C(=O)c2cc3ccccc3[nH]2)CC1. The number of likely N-dealkylation sites (tertiary alicyclic amines) is 1. The zero-order valence-electron chi connectivity index (χ0n) is 27.0. The fourth-order valence-electron chi connectivity index (χ4n) is 6.65. The number of nitrogens with one attached hydrogen (secondary N) is 2. The molecular weight excluding hydrogens is 622 g/mol. The van der Waals surface area contributed by atoms with Crippen LogP contribution < -0.4 is 11.1 Å². The summed E-state index contributed by atoms with van der Waals surface area (Å²) in [5.41, 5.74) is 11.2. The van der Waals surface area contributed by atoms with Crippen molar-refractivity contribution in [3.05, 3.63) is 131 Å². The second-order valence-corrected chi connectivity index (χ2v) is 12.7. The lowest BCUT2D eigenvalue weighted by Gasteiger charge is -2.42. The molecule has 8 nitrogen and oxygen atoms in total. The van der Waals surface area contributed by atoms with E-state index >= 15 is 0 Å². The van der Waals surface area contributed by atoms with Crippen LogP contribution >= 0.6 is 11.6 Å². The number of hydrogen-bond acceptors (Lipinski definition) is 4. The number of carbonyl (C=O) groups excluding carboxylic acids is 3. The molecule has 4 aromatic carbocycles. The van der Waals surface area contributed by atoms with Crippen LogP contribution in [0.1, 0.15) is 57.8 Å². The highest BCUT2D eigenvalue weighted by atomic mass is 35.5. The molecule has 1 aliphatic rings. The molecule has 246 valence electrons. The monoisotopic (exact) mass is 661 g/mol. The number of aromatic nitrogens is 1. The second kappa shape index (κ2) is 14.9. The van der Waals surface area contributed by atoms with E-state index in [9.17, 15) is 14.4 Å². The van der Waals surface area contributed by atoms with E-state index in [1.807, 2.05) is 94.7 Å². The van der Waals surface area contributed by atoms with Gasteiger partial charge in [0.2, 0.25) is 5.91 Å². The Bertz CT molecular complexity index is 1880. The minimum Gasteiger partial charge on any atom is -0.351 e. The molecule has 0 radical (unpaired) electrons. The van der Waals surface area contributed by atoms with Gasteiger partial charge in [0.1, 0.15) is 5.69 Å². The first-order valence-electron chi connectivity index (χ1n) is 16.4. The van der Waals surface area contributed by atoms with E-state index in [1.165, 1.54) is 0 Å². The van der Waals surface area contributed by atoms with Crippen molar-refractivity contribution in [2.45, 2.75) is 38.3 Å². The minimum atomic E-state index is -0.260. The minimum absolute atomic E-state index is 0.0113. The highest BCUT2D eigenvalue weighted by molar-refractivity contribution is 6.30. The van der Waals surface area contributed by atoms with Gasteiger partial charge in [-0.2, -0.15) is 0 Å². The maximum absolute atomic E-state index is 14.2. The first-order chi connectivity index (χ1) is 23.3. The zero-order chi connectivity index (χ0) is 33.6. The van der Waals surface area contributed by atoms with Crippen LogP contribution in [0.25, 0.3) is 22.0 Å². The molecule has 6 rings (SSSR count). The van der Waals surface area contributed by atoms with Gasteiger partial charge in [-0.05, 0) is 78.4 Å². The Morgan fingerprint density at radius 3 is 2.42 bits per heavy atom. The number of nitrogens with zero attached hydrogens (tertiary/aromatic N) is 2. The average molecular weight is 662 g/mol. The number of hydrogen-bond donors (Lipinski definition) is 3. The number of nitrogens with two attached hydrogens (primary N) is 1. The third-order valence-electron chi connectivity index (χ3n) is 9.16. The van der Waals surface area contributed by atoms with Crippen molar-refractivity contribution in [3.63, 3.8) is 0 Å². The summed E-state index contributed by atoms with van der Waals surface area (Å²) < 4.78 is 0. The van der Waals surface area contributed by atoms with Crippen molar-refractivity contribution in [2.24, 2.45) is 5.73 Å². The summed E-state index contributed by atoms with van der Waals surface area (Å²) in [7, 11) is 0. The Labute approximate surface area is 285 Å². The topological polar surface area (TPSA) is 112 Å². The van der Waals surface area contributed by atoms with Crippen molar-refractivity contribution in [1.82, 2.24) is 20.1 Å². The Morgan fingerprint density at radius 2 is 1.67 bits per heavy atom. The molecule has 3 amide bonds. The number of carbonyl (C=O) groups is 3. The number of piperidine rings is 1. The van der Waals surface area contributed by atoms with Gasteiger partial charge >= 0.3 is 0 Å². The van der Waals surface area contributed by atoms with E-state index < -0.39 is 0 Å². The fourth-order valence-corrected chi connectivity index (χ4v) is 6.78. The van der Waals surface area contributed by atoms with Gasteiger partial charge < -0.3 is 25.8 Å². The van der Waals surface area contributed by atoms with Crippen LogP contribution in [0, 0.1) is 0 Å². The van der Waals surface area contributed by atoms with E-state index in [0.717, 1.165) is 33.2 Å². The van der Waals surface area contributed by atoms with Gasteiger partial charge in [0.15, 0.2) is 0 Å². The fraction of sp³-hybridized carbons (Fsp3) is 0.256. The van der Waals surface area contributed by atoms with Crippen LogP contribution in [-0.2, 0) is 11.2 Å². The summed E-state index contributed by atoms with van der Waals surface area (Å²) in [5.74, 6) is -0.196. The molecule has 0 spiro atoms. The predicted octanol–water partition coefficient (Wildman–Crippen LogP) is 6.61. The summed E-state index contributed by atoms with van der Waals surface area (Å²) in [5, 5.41) is 4.50. The second-order valence-electron chi connectivity index (χ2n) is 12.3. The lowest BCUT2D eigenvalue weighted by molar-refractivity contribution is -0.136. The molecule has 0 bridgehead atoms. The average Bonchev–Trinajstić information content (AvgIpc) is 3.56. The summed E-state index contributed by atoms with van der Waals surface area (Å²) in [6, 6.07) is 32.4. The van der Waals surface area contributed by atoms with Crippen molar-refractivity contribution < 1.29 is 14.4 Å². The normalized spacial score (nSPS) is 14.1. The summed E-state index contributed by atoms with van der Waals surface area (Å²) in [4.78, 5) is 47.8. The maximum atomic E-state index is 14.2. The Hall–Kier alpha value is -4.92. The van der Waals surface area contributed by atoms with Crippen LogP contribution in [0.5, 0.6) is 0 Å². The standard InChI is InChI=1S/C39H40ClN5O3/c1-26(28-8-6-9-29(24-28)33-10-3-4-11-34(33)38(47)42-20-19-41)45(37(46)23-27-13-15-31(40)16-14-27)32-17-21-44(22-18-32)39(48)36-25-30-7-2-5-12-35(30)43-36/h2-16,24-26,32,43H,17-23,41H2,1H3,(H,42,47). The molecule has 1 unspecified atom stereocenters. The third kappa shape index (κ3) is 7.30. The highest BCUT2D eigenvalue weighted by Gasteiger charge is 2.34. The lowest BCUT2D eigenvalue weighted by Crippen LogP contribution is -2.50. The van der Waals surface area contributed by atoms with Crippen molar-refractivity contribution in [3.8, 4) is 11.1 Å². The zero-order valence-corrected chi connectivity index (χ0v) is 27.7. The van der Waals surface area contributed by atoms with Gasteiger partial charge in [-0.15, -0.1) is 0 Å². The van der Waals surface area contributed by atoms with Crippen molar-refractivity contribution in [1.29, 1.82) is 0 Å². The van der Waals surface area contributed by atoms with Crippen LogP contribution in [0.2, 0.25) is 5.02 Å². The number of aromatic amines is 1. The highest BCUT2D eigenvalue weighted by Crippen LogP contribution is 2.32. The number of H-pyrrole nitrogens is 1.